The van der Waals surface area contributed by atoms with E-state index in [1.807, 2.05) is 13.8 Å². The molecule has 0 spiro atoms. The first kappa shape index (κ1) is 6.99. The van der Waals surface area contributed by atoms with Crippen molar-refractivity contribution in [1.82, 2.24) is 9.78 Å². The summed E-state index contributed by atoms with van der Waals surface area (Å²) in [6, 6.07) is 0.327. The SMILES string of the molecule is CC(C)n1cc(C=O)cn1. The summed E-state index contributed by atoms with van der Waals surface area (Å²) in [4.78, 5) is 10.2. The molecule has 0 aliphatic carbocycles. The van der Waals surface area contributed by atoms with Gasteiger partial charge in [-0.1, -0.05) is 0 Å². The highest BCUT2D eigenvalue weighted by Crippen LogP contribution is 2.02. The third-order valence-electron chi connectivity index (χ3n) is 1.29. The van der Waals surface area contributed by atoms with Crippen molar-refractivity contribution in [2.24, 2.45) is 0 Å². The second-order valence-corrected chi connectivity index (χ2v) is 2.47. The molecule has 54 valence electrons. The van der Waals surface area contributed by atoms with E-state index in [0.717, 1.165) is 6.29 Å². The maximum absolute atomic E-state index is 10.2. The van der Waals surface area contributed by atoms with E-state index in [9.17, 15) is 4.79 Å². The second-order valence-electron chi connectivity index (χ2n) is 2.47. The molecule has 1 rings (SSSR count). The van der Waals surface area contributed by atoms with E-state index in [4.69, 9.17) is 0 Å². The highest BCUT2D eigenvalue weighted by molar-refractivity contribution is 5.73. The van der Waals surface area contributed by atoms with Gasteiger partial charge in [0, 0.05) is 12.2 Å². The van der Waals surface area contributed by atoms with Gasteiger partial charge in [-0.25, -0.2) is 0 Å². The highest BCUT2D eigenvalue weighted by Gasteiger charge is 1.98. The van der Waals surface area contributed by atoms with Crippen LogP contribution in [0.15, 0.2) is 12.4 Å². The topological polar surface area (TPSA) is 34.9 Å². The predicted molar refractivity (Wildman–Crippen MR) is 38.0 cm³/mol. The van der Waals surface area contributed by atoms with Gasteiger partial charge >= 0.3 is 0 Å². The molecule has 0 bridgehead atoms. The van der Waals surface area contributed by atoms with Gasteiger partial charge in [0.25, 0.3) is 0 Å². The summed E-state index contributed by atoms with van der Waals surface area (Å²) >= 11 is 0. The van der Waals surface area contributed by atoms with Gasteiger partial charge in [0.05, 0.1) is 11.8 Å². The first-order chi connectivity index (χ1) is 4.74. The zero-order valence-electron chi connectivity index (χ0n) is 6.11. The molecule has 1 aromatic rings. The zero-order valence-corrected chi connectivity index (χ0v) is 6.11. The van der Waals surface area contributed by atoms with Crippen LogP contribution < -0.4 is 0 Å². The summed E-state index contributed by atoms with van der Waals surface area (Å²) < 4.78 is 1.75. The molecular formula is C7H10N2O. The lowest BCUT2D eigenvalue weighted by Gasteiger charge is -2.02. The number of rotatable bonds is 2. The summed E-state index contributed by atoms with van der Waals surface area (Å²) in [5, 5.41) is 3.97. The van der Waals surface area contributed by atoms with Crippen LogP contribution in [0.2, 0.25) is 0 Å². The maximum Gasteiger partial charge on any atom is 0.153 e. The van der Waals surface area contributed by atoms with Gasteiger partial charge in [-0.15, -0.1) is 0 Å². The first-order valence-corrected chi connectivity index (χ1v) is 3.23. The van der Waals surface area contributed by atoms with Gasteiger partial charge in [-0.05, 0) is 13.8 Å². The number of aromatic nitrogens is 2. The molecule has 0 saturated heterocycles. The molecule has 3 heteroatoms. The molecule has 0 N–H and O–H groups in total. The van der Waals surface area contributed by atoms with Crippen LogP contribution in [-0.4, -0.2) is 16.1 Å². The van der Waals surface area contributed by atoms with Gasteiger partial charge < -0.3 is 0 Å². The normalized spacial score (nSPS) is 10.3. The van der Waals surface area contributed by atoms with Crippen molar-refractivity contribution < 1.29 is 4.79 Å². The Hall–Kier alpha value is -1.12. The average Bonchev–Trinajstić information content (AvgIpc) is 2.34. The van der Waals surface area contributed by atoms with Crippen LogP contribution >= 0.6 is 0 Å². The molecular weight excluding hydrogens is 128 g/mol. The molecule has 1 aromatic heterocycles. The van der Waals surface area contributed by atoms with Crippen LogP contribution in [0.4, 0.5) is 0 Å². The van der Waals surface area contributed by atoms with Gasteiger partial charge in [0.15, 0.2) is 6.29 Å². The second kappa shape index (κ2) is 2.64. The summed E-state index contributed by atoms with van der Waals surface area (Å²) in [5.74, 6) is 0. The molecule has 0 radical (unpaired) electrons. The first-order valence-electron chi connectivity index (χ1n) is 3.23. The van der Waals surface area contributed by atoms with E-state index in [1.165, 1.54) is 0 Å². The minimum Gasteiger partial charge on any atom is -0.298 e. The molecule has 0 aliphatic heterocycles. The van der Waals surface area contributed by atoms with Crippen molar-refractivity contribution in [3.8, 4) is 0 Å². The molecule has 0 amide bonds. The molecule has 3 nitrogen and oxygen atoms in total. The Labute approximate surface area is 59.7 Å². The molecule has 0 aromatic carbocycles. The Kier molecular flexibility index (Phi) is 1.85. The summed E-state index contributed by atoms with van der Waals surface area (Å²) in [6.07, 6.45) is 4.09. The average molecular weight is 138 g/mol. The highest BCUT2D eigenvalue weighted by atomic mass is 16.1. The van der Waals surface area contributed by atoms with Crippen LogP contribution in [0.5, 0.6) is 0 Å². The molecule has 0 saturated carbocycles. The van der Waals surface area contributed by atoms with Gasteiger partial charge in [-0.2, -0.15) is 5.10 Å². The minimum absolute atomic E-state index is 0.327. The largest absolute Gasteiger partial charge is 0.298 e. The van der Waals surface area contributed by atoms with Crippen molar-refractivity contribution in [3.05, 3.63) is 18.0 Å². The standard InChI is InChI=1S/C7H10N2O/c1-6(2)9-4-7(5-10)3-8-9/h3-6H,1-2H3. The monoisotopic (exact) mass is 138 g/mol. The van der Waals surface area contributed by atoms with Gasteiger partial charge in [0.1, 0.15) is 0 Å². The quantitative estimate of drug-likeness (QED) is 0.577. The van der Waals surface area contributed by atoms with Crippen molar-refractivity contribution in [2.75, 3.05) is 0 Å². The molecule has 0 fully saturated rings. The Balaban J connectivity index is 2.88. The smallest absolute Gasteiger partial charge is 0.153 e. The summed E-state index contributed by atoms with van der Waals surface area (Å²) in [5.41, 5.74) is 0.633. The van der Waals surface area contributed by atoms with Crippen LogP contribution in [0.3, 0.4) is 0 Å². The Morgan fingerprint density at radius 1 is 1.70 bits per heavy atom. The Bertz CT molecular complexity index is 227. The third kappa shape index (κ3) is 1.23. The summed E-state index contributed by atoms with van der Waals surface area (Å²) in [6.45, 7) is 4.03. The van der Waals surface area contributed by atoms with E-state index in [2.05, 4.69) is 5.10 Å². The van der Waals surface area contributed by atoms with Gasteiger partial charge in [0.2, 0.25) is 0 Å². The number of carbonyl (C=O) groups excluding carboxylic acids is 1. The Morgan fingerprint density at radius 2 is 2.40 bits per heavy atom. The molecule has 0 unspecified atom stereocenters. The number of hydrogen-bond acceptors (Lipinski definition) is 2. The van der Waals surface area contributed by atoms with E-state index in [1.54, 1.807) is 17.1 Å². The third-order valence-corrected chi connectivity index (χ3v) is 1.29. The number of carbonyl (C=O) groups is 1. The fourth-order valence-corrected chi connectivity index (χ4v) is 0.696. The maximum atomic E-state index is 10.2. The fraction of sp³-hybridized carbons (Fsp3) is 0.429. The molecule has 0 atom stereocenters. The van der Waals surface area contributed by atoms with Crippen LogP contribution in [0.25, 0.3) is 0 Å². The molecule has 10 heavy (non-hydrogen) atoms. The van der Waals surface area contributed by atoms with Crippen molar-refractivity contribution in [2.45, 2.75) is 19.9 Å². The lowest BCUT2D eigenvalue weighted by atomic mass is 10.4. The van der Waals surface area contributed by atoms with Crippen molar-refractivity contribution in [1.29, 1.82) is 0 Å². The van der Waals surface area contributed by atoms with Crippen molar-refractivity contribution >= 4 is 6.29 Å². The van der Waals surface area contributed by atoms with E-state index in [0.29, 0.717) is 11.6 Å². The summed E-state index contributed by atoms with van der Waals surface area (Å²) in [7, 11) is 0. The lowest BCUT2D eigenvalue weighted by molar-refractivity contribution is 0.112. The number of nitrogens with zero attached hydrogens (tertiary/aromatic N) is 2. The predicted octanol–water partition coefficient (Wildman–Crippen LogP) is 1.28. The van der Waals surface area contributed by atoms with E-state index in [-0.39, 0.29) is 0 Å². The molecule has 0 aliphatic rings. The van der Waals surface area contributed by atoms with Crippen LogP contribution in [-0.2, 0) is 0 Å². The van der Waals surface area contributed by atoms with Crippen molar-refractivity contribution in [3.63, 3.8) is 0 Å². The Morgan fingerprint density at radius 3 is 2.70 bits per heavy atom. The fourth-order valence-electron chi connectivity index (χ4n) is 0.696. The van der Waals surface area contributed by atoms with Crippen LogP contribution in [0, 0.1) is 0 Å². The van der Waals surface area contributed by atoms with E-state index < -0.39 is 0 Å². The van der Waals surface area contributed by atoms with E-state index >= 15 is 0 Å². The number of aldehydes is 1. The minimum atomic E-state index is 0.327. The lowest BCUT2D eigenvalue weighted by Crippen LogP contribution is -1.99. The zero-order chi connectivity index (χ0) is 7.56. The number of hydrogen-bond donors (Lipinski definition) is 0. The van der Waals surface area contributed by atoms with Gasteiger partial charge in [-0.3, -0.25) is 9.48 Å². The molecule has 1 heterocycles. The van der Waals surface area contributed by atoms with Crippen LogP contribution in [0.1, 0.15) is 30.2 Å².